The zero-order chi connectivity index (χ0) is 35.4. The van der Waals surface area contributed by atoms with Crippen LogP contribution in [0.1, 0.15) is 86.2 Å². The number of esters is 2. The van der Waals surface area contributed by atoms with Crippen molar-refractivity contribution in [3.63, 3.8) is 0 Å². The third kappa shape index (κ3) is 10.3. The molecule has 0 aliphatic carbocycles. The molecule has 0 aromatic heterocycles. The molecule has 13 heteroatoms. The first-order valence-corrected chi connectivity index (χ1v) is 16.4. The van der Waals surface area contributed by atoms with E-state index in [1.165, 1.54) is 54.6 Å². The summed E-state index contributed by atoms with van der Waals surface area (Å²) >= 11 is 0. The molecule has 2 aromatic rings. The van der Waals surface area contributed by atoms with Gasteiger partial charge >= 0.3 is 23.8 Å². The number of hydrogen-bond acceptors (Lipinski definition) is 9. The summed E-state index contributed by atoms with van der Waals surface area (Å²) in [6.45, 7) is 2.52. The van der Waals surface area contributed by atoms with E-state index in [1.807, 2.05) is 0 Å². The lowest BCUT2D eigenvalue weighted by molar-refractivity contribution is -0.172. The number of imide groups is 1. The monoisotopic (exact) mass is 682 g/mol. The molecule has 2 saturated heterocycles. The second-order valence-corrected chi connectivity index (χ2v) is 11.8. The Morgan fingerprint density at radius 1 is 0.878 bits per heavy atom. The van der Waals surface area contributed by atoms with Crippen molar-refractivity contribution in [3.8, 4) is 0 Å². The lowest BCUT2D eigenvalue weighted by atomic mass is 10.0. The number of carbonyl (C=O) groups is 6. The fourth-order valence-corrected chi connectivity index (χ4v) is 5.57. The molecule has 0 radical (unpaired) electrons. The van der Waals surface area contributed by atoms with Crippen molar-refractivity contribution in [2.45, 2.75) is 89.2 Å². The molecule has 2 atom stereocenters. The van der Waals surface area contributed by atoms with Crippen molar-refractivity contribution < 1.29 is 51.9 Å². The van der Waals surface area contributed by atoms with Crippen LogP contribution < -0.4 is 0 Å². The first-order chi connectivity index (χ1) is 23.5. The summed E-state index contributed by atoms with van der Waals surface area (Å²) in [7, 11) is 0. The normalized spacial score (nSPS) is 17.1. The molecule has 2 aliphatic rings. The van der Waals surface area contributed by atoms with Gasteiger partial charge in [-0.1, -0.05) is 61.4 Å². The molecule has 11 nitrogen and oxygen atoms in total. The van der Waals surface area contributed by atoms with Crippen molar-refractivity contribution in [3.05, 3.63) is 83.4 Å². The van der Waals surface area contributed by atoms with E-state index in [1.54, 1.807) is 17.9 Å². The Hall–Kier alpha value is -4.94. The highest BCUT2D eigenvalue weighted by atomic mass is 19.3. The smallest absolute Gasteiger partial charge is 0.363 e. The highest BCUT2D eigenvalue weighted by molar-refractivity contribution is 6.02. The molecular weight excluding hydrogens is 642 g/mol. The Kier molecular flexibility index (Phi) is 13.1. The maximum absolute atomic E-state index is 15.8. The van der Waals surface area contributed by atoms with Crippen LogP contribution in [0.25, 0.3) is 0 Å². The Bertz CT molecular complexity index is 1510. The van der Waals surface area contributed by atoms with Crippen LogP contribution in [0.15, 0.2) is 66.7 Å². The molecule has 262 valence electrons. The molecule has 49 heavy (non-hydrogen) atoms. The summed E-state index contributed by atoms with van der Waals surface area (Å²) in [4.78, 5) is 79.5. The minimum atomic E-state index is -3.60. The van der Waals surface area contributed by atoms with Gasteiger partial charge in [0.05, 0.1) is 24.6 Å². The van der Waals surface area contributed by atoms with Crippen LogP contribution in [0.4, 0.5) is 8.78 Å². The van der Waals surface area contributed by atoms with E-state index in [9.17, 15) is 28.8 Å². The summed E-state index contributed by atoms with van der Waals surface area (Å²) in [5, 5.41) is 0.422. The van der Waals surface area contributed by atoms with Gasteiger partial charge in [0.25, 0.3) is 11.8 Å². The summed E-state index contributed by atoms with van der Waals surface area (Å²) < 4.78 is 41.9. The van der Waals surface area contributed by atoms with Crippen molar-refractivity contribution in [2.75, 3.05) is 13.2 Å². The van der Waals surface area contributed by atoms with Crippen LogP contribution in [0.2, 0.25) is 0 Å². The second-order valence-electron chi connectivity index (χ2n) is 11.8. The SMILES string of the molecule is CCOC(=O)CCCCCCN1C(=O)CC[C@@H]1/C=C/C(OC(=O)Cc1ccc(C(=O)ON2C(=O)CCC2=O)cc1)C(F)(F)c1ccccc1. The molecule has 0 N–H and O–H groups in total. The van der Waals surface area contributed by atoms with Gasteiger partial charge in [0.15, 0.2) is 6.10 Å². The van der Waals surface area contributed by atoms with Crippen LogP contribution in [-0.4, -0.2) is 70.9 Å². The first-order valence-electron chi connectivity index (χ1n) is 16.4. The minimum absolute atomic E-state index is 0.00776. The highest BCUT2D eigenvalue weighted by Crippen LogP contribution is 2.35. The molecular formula is C36H40F2N2O9. The van der Waals surface area contributed by atoms with Crippen molar-refractivity contribution in [1.82, 2.24) is 9.96 Å². The van der Waals surface area contributed by atoms with Crippen molar-refractivity contribution in [2.24, 2.45) is 0 Å². The minimum Gasteiger partial charge on any atom is -0.466 e. The molecule has 2 heterocycles. The third-order valence-corrected chi connectivity index (χ3v) is 8.21. The van der Waals surface area contributed by atoms with Crippen molar-refractivity contribution in [1.29, 1.82) is 0 Å². The lowest BCUT2D eigenvalue weighted by Gasteiger charge is -2.27. The molecule has 4 rings (SSSR count). The van der Waals surface area contributed by atoms with Gasteiger partial charge in [-0.15, -0.1) is 5.06 Å². The molecule has 1 unspecified atom stereocenters. The van der Waals surface area contributed by atoms with Crippen LogP contribution >= 0.6 is 0 Å². The fraction of sp³-hybridized carbons (Fsp3) is 0.444. The number of halogens is 2. The zero-order valence-electron chi connectivity index (χ0n) is 27.3. The van der Waals surface area contributed by atoms with E-state index in [2.05, 4.69) is 0 Å². The maximum atomic E-state index is 15.8. The van der Waals surface area contributed by atoms with Gasteiger partial charge in [-0.05, 0) is 50.0 Å². The Morgan fingerprint density at radius 3 is 2.22 bits per heavy atom. The van der Waals surface area contributed by atoms with Gasteiger partial charge in [0.2, 0.25) is 5.91 Å². The number of nitrogens with zero attached hydrogens (tertiary/aromatic N) is 2. The van der Waals surface area contributed by atoms with E-state index in [-0.39, 0.29) is 42.3 Å². The zero-order valence-corrected chi connectivity index (χ0v) is 27.3. The van der Waals surface area contributed by atoms with E-state index >= 15 is 8.78 Å². The second kappa shape index (κ2) is 17.5. The third-order valence-electron chi connectivity index (χ3n) is 8.21. The Morgan fingerprint density at radius 2 is 1.55 bits per heavy atom. The van der Waals surface area contributed by atoms with E-state index < -0.39 is 48.2 Å². The summed E-state index contributed by atoms with van der Waals surface area (Å²) in [6.07, 6.45) is 4.14. The molecule has 0 saturated carbocycles. The Labute approximate surface area is 283 Å². The lowest BCUT2D eigenvalue weighted by Crippen LogP contribution is -2.36. The van der Waals surface area contributed by atoms with Gasteiger partial charge in [0, 0.05) is 37.8 Å². The van der Waals surface area contributed by atoms with Gasteiger partial charge in [-0.2, -0.15) is 8.78 Å². The molecule has 3 amide bonds. The maximum Gasteiger partial charge on any atom is 0.363 e. The van der Waals surface area contributed by atoms with Crippen LogP contribution in [0.5, 0.6) is 0 Å². The quantitative estimate of drug-likeness (QED) is 0.0953. The number of hydrogen-bond donors (Lipinski definition) is 0. The van der Waals surface area contributed by atoms with Crippen LogP contribution in [0, 0.1) is 0 Å². The van der Waals surface area contributed by atoms with E-state index in [4.69, 9.17) is 14.3 Å². The number of alkyl halides is 2. The van der Waals surface area contributed by atoms with Gasteiger partial charge in [-0.3, -0.25) is 24.0 Å². The van der Waals surface area contributed by atoms with Gasteiger partial charge < -0.3 is 19.2 Å². The first kappa shape index (κ1) is 36.9. The predicted molar refractivity (Wildman–Crippen MR) is 170 cm³/mol. The van der Waals surface area contributed by atoms with Crippen molar-refractivity contribution >= 4 is 35.6 Å². The number of ether oxygens (including phenoxy) is 2. The number of amides is 3. The number of rotatable bonds is 17. The average Bonchev–Trinajstić information content (AvgIpc) is 3.60. The summed E-state index contributed by atoms with van der Waals surface area (Å²) in [5.74, 6) is -7.07. The number of carbonyl (C=O) groups excluding carboxylic acids is 6. The molecule has 2 aliphatic heterocycles. The van der Waals surface area contributed by atoms with Crippen LogP contribution in [-0.2, 0) is 50.6 Å². The largest absolute Gasteiger partial charge is 0.466 e. The Balaban J connectivity index is 1.38. The summed E-state index contributed by atoms with van der Waals surface area (Å²) in [5.41, 5.74) is 0.0151. The predicted octanol–water partition coefficient (Wildman–Crippen LogP) is 5.21. The van der Waals surface area contributed by atoms with E-state index in [0.717, 1.165) is 18.9 Å². The standard InChI is InChI=1S/C36H40F2N2O9/c1-2-47-33(44)12-8-3-4-9-23-39-28(18-20-30(39)41)17-19-29(36(37,38)27-10-6-5-7-11-27)48-34(45)24-25-13-15-26(16-14-25)35(46)49-40-31(42)21-22-32(40)43/h5-7,10-11,13-17,19,28-29H,2-4,8-9,12,18,20-24H2,1H3/b19-17+/t28-,29?/m0/s1. The van der Waals surface area contributed by atoms with Gasteiger partial charge in [-0.25, -0.2) is 4.79 Å². The highest BCUT2D eigenvalue weighted by Gasteiger charge is 2.43. The average molecular weight is 683 g/mol. The number of likely N-dealkylation sites (tertiary alicyclic amines) is 1. The number of hydroxylamine groups is 2. The fourth-order valence-electron chi connectivity index (χ4n) is 5.57. The number of unbranched alkanes of at least 4 members (excludes halogenated alkanes) is 3. The summed E-state index contributed by atoms with van der Waals surface area (Å²) in [6, 6.07) is 12.0. The van der Waals surface area contributed by atoms with Gasteiger partial charge in [0.1, 0.15) is 0 Å². The number of benzene rings is 2. The topological polar surface area (TPSA) is 137 Å². The van der Waals surface area contributed by atoms with Crippen LogP contribution in [0.3, 0.4) is 0 Å². The molecule has 0 spiro atoms. The molecule has 2 aromatic carbocycles. The van der Waals surface area contributed by atoms with E-state index in [0.29, 0.717) is 49.5 Å². The molecule has 0 bridgehead atoms. The molecule has 2 fully saturated rings.